The van der Waals surface area contributed by atoms with E-state index in [1.165, 1.54) is 0 Å². The highest BCUT2D eigenvalue weighted by Crippen LogP contribution is 2.26. The van der Waals surface area contributed by atoms with Gasteiger partial charge in [0.25, 0.3) is 0 Å². The summed E-state index contributed by atoms with van der Waals surface area (Å²) in [6, 6.07) is 5.73. The molecular formula is C18H29N3O2. The Morgan fingerprint density at radius 1 is 1.39 bits per heavy atom. The SMILES string of the molecule is CC(C)(C)OC(=O)N1CCCCCC1CC(N)c1ccccn1. The minimum atomic E-state index is -0.475. The predicted octanol–water partition coefficient (Wildman–Crippen LogP) is 3.65. The van der Waals surface area contributed by atoms with E-state index >= 15 is 0 Å². The fourth-order valence-electron chi connectivity index (χ4n) is 2.99. The molecule has 5 heteroatoms. The second kappa shape index (κ2) is 7.77. The Bertz CT molecular complexity index is 499. The number of aromatic nitrogens is 1. The van der Waals surface area contributed by atoms with E-state index in [-0.39, 0.29) is 18.2 Å². The molecule has 1 aromatic heterocycles. The van der Waals surface area contributed by atoms with Crippen LogP contribution in [0.1, 0.15) is 64.6 Å². The summed E-state index contributed by atoms with van der Waals surface area (Å²) in [7, 11) is 0. The first kappa shape index (κ1) is 17.7. The van der Waals surface area contributed by atoms with Gasteiger partial charge in [0.2, 0.25) is 0 Å². The molecule has 1 amide bonds. The molecule has 1 fully saturated rings. The first-order chi connectivity index (χ1) is 10.9. The Morgan fingerprint density at radius 3 is 2.83 bits per heavy atom. The van der Waals surface area contributed by atoms with Gasteiger partial charge in [-0.2, -0.15) is 0 Å². The lowest BCUT2D eigenvalue weighted by Crippen LogP contribution is -2.44. The summed E-state index contributed by atoms with van der Waals surface area (Å²) in [4.78, 5) is 18.8. The molecule has 0 radical (unpaired) electrons. The van der Waals surface area contributed by atoms with Crippen LogP contribution in [0.2, 0.25) is 0 Å². The highest BCUT2D eigenvalue weighted by Gasteiger charge is 2.30. The minimum absolute atomic E-state index is 0.115. The van der Waals surface area contributed by atoms with Crippen LogP contribution in [-0.4, -0.2) is 34.2 Å². The number of rotatable bonds is 3. The van der Waals surface area contributed by atoms with Gasteiger partial charge in [-0.05, 0) is 52.2 Å². The van der Waals surface area contributed by atoms with Crippen molar-refractivity contribution in [1.29, 1.82) is 0 Å². The van der Waals surface area contributed by atoms with E-state index in [4.69, 9.17) is 10.5 Å². The summed E-state index contributed by atoms with van der Waals surface area (Å²) in [5.41, 5.74) is 6.73. The van der Waals surface area contributed by atoms with Crippen LogP contribution in [0, 0.1) is 0 Å². The quantitative estimate of drug-likeness (QED) is 0.923. The number of carbonyl (C=O) groups is 1. The summed E-state index contributed by atoms with van der Waals surface area (Å²) < 4.78 is 5.58. The molecule has 1 aromatic rings. The summed E-state index contributed by atoms with van der Waals surface area (Å²) in [5.74, 6) is 0. The van der Waals surface area contributed by atoms with Crippen LogP contribution in [0.3, 0.4) is 0 Å². The van der Waals surface area contributed by atoms with Crippen LogP contribution < -0.4 is 5.73 Å². The van der Waals surface area contributed by atoms with Crippen molar-refractivity contribution in [1.82, 2.24) is 9.88 Å². The number of amides is 1. The maximum atomic E-state index is 12.5. The maximum Gasteiger partial charge on any atom is 0.410 e. The van der Waals surface area contributed by atoms with E-state index in [1.54, 1.807) is 6.20 Å². The van der Waals surface area contributed by atoms with E-state index in [2.05, 4.69) is 4.98 Å². The molecule has 2 unspecified atom stereocenters. The second-order valence-electron chi connectivity index (χ2n) is 7.27. The van der Waals surface area contributed by atoms with Crippen molar-refractivity contribution in [2.75, 3.05) is 6.54 Å². The molecule has 2 rings (SSSR count). The van der Waals surface area contributed by atoms with Crippen LogP contribution in [0.5, 0.6) is 0 Å². The standard InChI is InChI=1S/C18H29N3O2/c1-18(2,3)23-17(22)21-12-8-4-5-9-14(21)13-15(19)16-10-6-7-11-20-16/h6-7,10-11,14-15H,4-5,8-9,12-13,19H2,1-3H3. The lowest BCUT2D eigenvalue weighted by Gasteiger charge is -2.33. The number of nitrogens with two attached hydrogens (primary N) is 1. The zero-order chi connectivity index (χ0) is 16.9. The molecule has 1 saturated heterocycles. The van der Waals surface area contributed by atoms with Crippen molar-refractivity contribution in [3.05, 3.63) is 30.1 Å². The molecule has 1 aliphatic rings. The number of nitrogens with zero attached hydrogens (tertiary/aromatic N) is 2. The lowest BCUT2D eigenvalue weighted by molar-refractivity contribution is 0.0151. The number of ether oxygens (including phenoxy) is 1. The minimum Gasteiger partial charge on any atom is -0.444 e. The molecular weight excluding hydrogens is 290 g/mol. The van der Waals surface area contributed by atoms with E-state index in [0.717, 1.165) is 44.3 Å². The van der Waals surface area contributed by atoms with E-state index in [1.807, 2.05) is 43.9 Å². The average Bonchev–Trinajstić information content (AvgIpc) is 2.72. The van der Waals surface area contributed by atoms with Gasteiger partial charge in [0.05, 0.1) is 5.69 Å². The molecule has 1 aliphatic heterocycles. The molecule has 5 nitrogen and oxygen atoms in total. The molecule has 0 aliphatic carbocycles. The van der Waals surface area contributed by atoms with E-state index in [9.17, 15) is 4.79 Å². The maximum absolute atomic E-state index is 12.5. The molecule has 0 spiro atoms. The Morgan fingerprint density at radius 2 is 2.17 bits per heavy atom. The van der Waals surface area contributed by atoms with Gasteiger partial charge in [-0.3, -0.25) is 4.98 Å². The van der Waals surface area contributed by atoms with Crippen molar-refractivity contribution < 1.29 is 9.53 Å². The van der Waals surface area contributed by atoms with Crippen LogP contribution in [-0.2, 0) is 4.74 Å². The van der Waals surface area contributed by atoms with Gasteiger partial charge in [0.15, 0.2) is 0 Å². The van der Waals surface area contributed by atoms with Crippen LogP contribution >= 0.6 is 0 Å². The molecule has 0 bridgehead atoms. The number of hydrogen-bond donors (Lipinski definition) is 1. The Kier molecular flexibility index (Phi) is 5.99. The first-order valence-corrected chi connectivity index (χ1v) is 8.53. The molecule has 2 N–H and O–H groups in total. The monoisotopic (exact) mass is 319 g/mol. The van der Waals surface area contributed by atoms with Gasteiger partial charge in [0, 0.05) is 24.8 Å². The molecule has 23 heavy (non-hydrogen) atoms. The Balaban J connectivity index is 2.07. The fraction of sp³-hybridized carbons (Fsp3) is 0.667. The highest BCUT2D eigenvalue weighted by atomic mass is 16.6. The van der Waals surface area contributed by atoms with E-state index in [0.29, 0.717) is 0 Å². The van der Waals surface area contributed by atoms with Crippen LogP contribution in [0.25, 0.3) is 0 Å². The largest absolute Gasteiger partial charge is 0.444 e. The summed E-state index contributed by atoms with van der Waals surface area (Å²) in [6.07, 6.45) is 6.52. The van der Waals surface area contributed by atoms with Crippen molar-refractivity contribution in [2.24, 2.45) is 5.73 Å². The third-order valence-corrected chi connectivity index (χ3v) is 4.10. The Hall–Kier alpha value is -1.62. The third-order valence-electron chi connectivity index (χ3n) is 4.10. The number of hydrogen-bond acceptors (Lipinski definition) is 4. The average molecular weight is 319 g/mol. The van der Waals surface area contributed by atoms with Crippen molar-refractivity contribution in [3.8, 4) is 0 Å². The van der Waals surface area contributed by atoms with Crippen molar-refractivity contribution >= 4 is 6.09 Å². The molecule has 0 aromatic carbocycles. The Labute approximate surface area is 139 Å². The third kappa shape index (κ3) is 5.50. The van der Waals surface area contributed by atoms with Crippen molar-refractivity contribution in [2.45, 2.75) is 70.6 Å². The number of pyridine rings is 1. The summed E-state index contributed by atoms with van der Waals surface area (Å²) in [5, 5.41) is 0. The lowest BCUT2D eigenvalue weighted by atomic mass is 9.99. The number of likely N-dealkylation sites (tertiary alicyclic amines) is 1. The summed E-state index contributed by atoms with van der Waals surface area (Å²) in [6.45, 7) is 6.45. The van der Waals surface area contributed by atoms with Gasteiger partial charge >= 0.3 is 6.09 Å². The number of carbonyl (C=O) groups excluding carboxylic acids is 1. The summed E-state index contributed by atoms with van der Waals surface area (Å²) >= 11 is 0. The van der Waals surface area contributed by atoms with E-state index < -0.39 is 5.60 Å². The first-order valence-electron chi connectivity index (χ1n) is 8.53. The van der Waals surface area contributed by atoms with Crippen molar-refractivity contribution in [3.63, 3.8) is 0 Å². The van der Waals surface area contributed by atoms with Gasteiger partial charge in [-0.1, -0.05) is 18.9 Å². The molecule has 128 valence electrons. The zero-order valence-electron chi connectivity index (χ0n) is 14.5. The van der Waals surface area contributed by atoms with Crippen LogP contribution in [0.15, 0.2) is 24.4 Å². The van der Waals surface area contributed by atoms with Gasteiger partial charge < -0.3 is 15.4 Å². The highest BCUT2D eigenvalue weighted by molar-refractivity contribution is 5.68. The van der Waals surface area contributed by atoms with Crippen LogP contribution in [0.4, 0.5) is 4.79 Å². The van der Waals surface area contributed by atoms with Gasteiger partial charge in [0.1, 0.15) is 5.60 Å². The second-order valence-corrected chi connectivity index (χ2v) is 7.27. The molecule has 2 heterocycles. The topological polar surface area (TPSA) is 68.5 Å². The molecule has 0 saturated carbocycles. The van der Waals surface area contributed by atoms with Gasteiger partial charge in [-0.25, -0.2) is 4.79 Å². The fourth-order valence-corrected chi connectivity index (χ4v) is 2.99. The smallest absolute Gasteiger partial charge is 0.410 e. The normalized spacial score (nSPS) is 20.7. The zero-order valence-corrected chi connectivity index (χ0v) is 14.5. The predicted molar refractivity (Wildman–Crippen MR) is 91.0 cm³/mol. The molecule has 2 atom stereocenters. The van der Waals surface area contributed by atoms with Gasteiger partial charge in [-0.15, -0.1) is 0 Å².